The quantitative estimate of drug-likeness (QED) is 0.0257. The minimum atomic E-state index is -1.30. The van der Waals surface area contributed by atoms with Crippen LogP contribution in [0.4, 0.5) is 0 Å². The zero-order valence-corrected chi connectivity index (χ0v) is 81.5. The molecule has 14 N–H and O–H groups in total. The summed E-state index contributed by atoms with van der Waals surface area (Å²) in [6, 6.07) is -1.89. The first-order chi connectivity index (χ1) is 64.6. The SMILES string of the molecule is C=CC1=C(C)C2=NC1=CC1=NC(=CC3=C(C)C4=C(O)CC(=C5NC(=C2)[C@@H](C)C5CCC(=O)CC(CO)C(CO)OCC(COC(CO)C(CO)NC(=O)CCC2C5=C6CC(O)=C7C6=NC(=C7C)C=C6N=C(C=C7N=C(C=C(N5)[C@H]2C)C(C)=C7C=C)C(C)=C6CC)OCC(=O)O)C4=N3)C(CC)=C1C.CC(C)(C)OC(=O)COC(COC1COC(C)(C)OCC1N)COC1COC(C)(C)OCC1N. The summed E-state index contributed by atoms with van der Waals surface area (Å²) >= 11 is 0. The molecule has 33 heteroatoms. The number of Topliss-reactive ketones (excluding diaryl/α,β-unsaturated/α-hetero) is 1. The Morgan fingerprint density at radius 2 is 0.978 bits per heavy atom. The van der Waals surface area contributed by atoms with Crippen molar-refractivity contribution in [3.8, 4) is 0 Å². The normalized spacial score (nSPS) is 25.8. The Morgan fingerprint density at radius 3 is 1.40 bits per heavy atom. The number of nitrogens with one attached hydrogen (secondary N) is 3. The highest BCUT2D eigenvalue weighted by Crippen LogP contribution is 2.50. The number of carbonyl (C=O) groups is 4. The summed E-state index contributed by atoms with van der Waals surface area (Å²) in [5.74, 6) is -5.25. The van der Waals surface area contributed by atoms with Crippen LogP contribution in [0, 0.1) is 29.6 Å². The van der Waals surface area contributed by atoms with E-state index in [-0.39, 0.29) is 125 Å². The highest BCUT2D eigenvalue weighted by Gasteiger charge is 2.46. The van der Waals surface area contributed by atoms with Gasteiger partial charge in [-0.15, -0.1) is 0 Å². The Bertz CT molecular complexity index is 5220. The van der Waals surface area contributed by atoms with Gasteiger partial charge in [0.25, 0.3) is 0 Å². The molecule has 2 aliphatic carbocycles. The summed E-state index contributed by atoms with van der Waals surface area (Å²) in [5.41, 5.74) is 36.8. The minimum absolute atomic E-state index is 0.0257. The summed E-state index contributed by atoms with van der Waals surface area (Å²) < 4.78 is 63.9. The van der Waals surface area contributed by atoms with Crippen molar-refractivity contribution in [2.75, 3.05) is 92.5 Å². The average Bonchev–Trinajstić information content (AvgIpc) is 1.58. The molecule has 0 spiro atoms. The van der Waals surface area contributed by atoms with Crippen molar-refractivity contribution in [3.63, 3.8) is 0 Å². The van der Waals surface area contributed by atoms with E-state index in [1.54, 1.807) is 20.8 Å². The van der Waals surface area contributed by atoms with Gasteiger partial charge >= 0.3 is 11.9 Å². The van der Waals surface area contributed by atoms with Crippen LogP contribution in [0.15, 0.2) is 238 Å². The smallest absolute Gasteiger partial charge is 0.332 e. The van der Waals surface area contributed by atoms with Crippen LogP contribution in [0.25, 0.3) is 0 Å². The number of ether oxygens (including phenoxy) is 11. The molecule has 13 atom stereocenters. The first-order valence-electron chi connectivity index (χ1n) is 47.3. The first kappa shape index (κ1) is 103. The molecule has 12 heterocycles. The van der Waals surface area contributed by atoms with Gasteiger partial charge in [0.1, 0.15) is 54.4 Å². The number of carbonyl (C=O) groups excluding carboxylic acids is 3. The molecule has 0 aromatic carbocycles. The second kappa shape index (κ2) is 44.0. The highest BCUT2D eigenvalue weighted by atomic mass is 16.7. The van der Waals surface area contributed by atoms with Gasteiger partial charge in [-0.2, -0.15) is 0 Å². The van der Waals surface area contributed by atoms with Crippen LogP contribution < -0.4 is 27.4 Å². The molecule has 0 saturated carbocycles. The van der Waals surface area contributed by atoms with Gasteiger partial charge < -0.3 is 115 Å². The number of aliphatic hydroxyl groups excluding tert-OH is 6. The maximum Gasteiger partial charge on any atom is 0.332 e. The fourth-order valence-electron chi connectivity index (χ4n) is 19.3. The number of hydrogen-bond donors (Lipinski definition) is 12. The van der Waals surface area contributed by atoms with E-state index in [4.69, 9.17) is 93.5 Å². The van der Waals surface area contributed by atoms with E-state index in [1.165, 1.54) is 0 Å². The lowest BCUT2D eigenvalue weighted by molar-refractivity contribution is -0.207. The molecule has 136 heavy (non-hydrogen) atoms. The van der Waals surface area contributed by atoms with Crippen LogP contribution in [-0.2, 0) is 71.3 Å². The number of esters is 1. The van der Waals surface area contributed by atoms with Gasteiger partial charge in [-0.1, -0.05) is 53.0 Å². The van der Waals surface area contributed by atoms with Crippen molar-refractivity contribution in [1.29, 1.82) is 0 Å². The second-order valence-corrected chi connectivity index (χ2v) is 38.7. The monoisotopic (exact) mass is 1880 g/mol. The largest absolute Gasteiger partial charge is 0.511 e. The molecule has 0 aromatic heterocycles. The zero-order valence-electron chi connectivity index (χ0n) is 81.5. The minimum Gasteiger partial charge on any atom is -0.511 e. The molecular formula is C103H137N11O22. The van der Waals surface area contributed by atoms with E-state index in [1.807, 2.05) is 104 Å². The van der Waals surface area contributed by atoms with Crippen molar-refractivity contribution in [3.05, 3.63) is 208 Å². The standard InChI is InChI=1S/C80H93N9O13.C23H44N2O9/c1-13-48-37(5)56-24-60-41(9)52(77(86-60)54-22-69(95)75-43(11)62(88-79(54)75)28-66-50(15-3)39(7)58(83-66)26-64(48)81-56)18-17-46(94)21-45(30-90)71(32-92)101-34-47(100-36-74(98)99)35-102-72(33-93)68(31-91)85-73(97)20-19-53-42(10)61-25-57-38(6)49(14-2)65(82-57)27-59-40(8)51(16-4)67(84-59)29-63-44(12)76-70(96)23-55(78(53)87-61)80(76)89-63;1-21(2,3)34-20(26)14-27-15(8-28-18-12-32-22(4,5)30-10-16(18)24)9-29-19-13-33-23(6,7)31-11-17(19)25/h13-14,24-29,41-42,45,47,52-53,68,71-72,86-87,90-93,95-96H,1-2,15-23,30-36H2,3-12H3,(H,85,97)(H,98,99);15-19H,8-14,24-25H2,1-7H3/t41-,42-,45?,47?,52?,53?,68?,71?,72?;/m0./s1. The van der Waals surface area contributed by atoms with E-state index in [0.717, 1.165) is 148 Å². The summed E-state index contributed by atoms with van der Waals surface area (Å²) in [7, 11) is 0. The van der Waals surface area contributed by atoms with Crippen LogP contribution in [0.5, 0.6) is 0 Å². The van der Waals surface area contributed by atoms with Crippen molar-refractivity contribution in [2.45, 2.75) is 247 Å². The number of ketones is 1. The summed E-state index contributed by atoms with van der Waals surface area (Å²) in [5, 5.41) is 86.3. The van der Waals surface area contributed by atoms with Gasteiger partial charge in [0, 0.05) is 125 Å². The van der Waals surface area contributed by atoms with E-state index in [0.29, 0.717) is 60.0 Å². The number of allylic oxidation sites excluding steroid dienone is 24. The molecule has 16 bridgehead atoms. The number of aliphatic carboxylic acids is 1. The Balaban J connectivity index is 0.000000388. The third-order valence-corrected chi connectivity index (χ3v) is 27.3. The molecule has 0 radical (unpaired) electrons. The van der Waals surface area contributed by atoms with Gasteiger partial charge in [0.2, 0.25) is 5.91 Å². The fraction of sp³-hybridized carbons (Fsp3) is 0.553. The summed E-state index contributed by atoms with van der Waals surface area (Å²) in [6.07, 6.45) is 13.3. The number of nitrogens with zero attached hydrogens (tertiary/aromatic N) is 6. The maximum absolute atomic E-state index is 14.3. The van der Waals surface area contributed by atoms with Gasteiger partial charge in [-0.05, 0) is 197 Å². The lowest BCUT2D eigenvalue weighted by atomic mass is 9.84. The van der Waals surface area contributed by atoms with Crippen molar-refractivity contribution < 1.29 is 107 Å². The van der Waals surface area contributed by atoms with Crippen LogP contribution in [0.2, 0.25) is 0 Å². The van der Waals surface area contributed by atoms with Crippen LogP contribution in [0.1, 0.15) is 175 Å². The highest BCUT2D eigenvalue weighted by molar-refractivity contribution is 6.23. The number of nitrogens with two attached hydrogens (primary N) is 2. The van der Waals surface area contributed by atoms with E-state index >= 15 is 0 Å². The van der Waals surface area contributed by atoms with E-state index in [2.05, 4.69) is 70.7 Å². The maximum atomic E-state index is 14.3. The lowest BCUT2D eigenvalue weighted by Gasteiger charge is -2.29. The van der Waals surface area contributed by atoms with Gasteiger partial charge in [0.15, 0.2) is 11.6 Å². The number of aliphatic imine (C=N–C) groups is 6. The molecule has 33 nitrogen and oxygen atoms in total. The zero-order chi connectivity index (χ0) is 98.4. The molecule has 14 aliphatic rings. The molecule has 1 amide bonds. The lowest BCUT2D eigenvalue weighted by Crippen LogP contribution is -2.49. The summed E-state index contributed by atoms with van der Waals surface area (Å²) in [6.45, 7) is 38.5. The topological polar surface area (TPSA) is 474 Å². The van der Waals surface area contributed by atoms with Crippen LogP contribution in [-0.4, -0.2) is 258 Å². The molecule has 736 valence electrons. The number of amides is 1. The molecule has 4 saturated heterocycles. The predicted molar refractivity (Wildman–Crippen MR) is 516 cm³/mol. The number of rotatable bonds is 37. The summed E-state index contributed by atoms with van der Waals surface area (Å²) in [4.78, 5) is 83.3. The number of hydrogen-bond acceptors (Lipinski definition) is 31. The third-order valence-electron chi connectivity index (χ3n) is 27.3. The number of fused-ring (bicyclic) bond motifs is 10. The van der Waals surface area contributed by atoms with Gasteiger partial charge in [-0.25, -0.2) is 39.5 Å². The Kier molecular flexibility index (Phi) is 33.4. The van der Waals surface area contributed by atoms with Crippen molar-refractivity contribution in [2.24, 2.45) is 71.0 Å². The molecule has 4 fully saturated rings. The molecule has 11 unspecified atom stereocenters. The molecule has 12 aliphatic heterocycles. The second-order valence-electron chi connectivity index (χ2n) is 38.7. The molecular weight excluding hydrogens is 1740 g/mol. The van der Waals surface area contributed by atoms with Crippen molar-refractivity contribution in [1.82, 2.24) is 16.0 Å². The third kappa shape index (κ3) is 23.4. The Labute approximate surface area is 796 Å². The van der Waals surface area contributed by atoms with E-state index < -0.39 is 123 Å². The molecule has 14 rings (SSSR count). The molecule has 0 aromatic rings. The average molecular weight is 1880 g/mol. The Morgan fingerprint density at radius 1 is 0.551 bits per heavy atom. The predicted octanol–water partition coefficient (Wildman–Crippen LogP) is 11.2. The first-order valence-corrected chi connectivity index (χ1v) is 47.3. The van der Waals surface area contributed by atoms with Gasteiger partial charge in [0.05, 0.1) is 178 Å². The van der Waals surface area contributed by atoms with E-state index in [9.17, 15) is 54.9 Å². The Hall–Kier alpha value is -10.0. The number of aliphatic hydroxyl groups is 6. The fourth-order valence-corrected chi connectivity index (χ4v) is 19.3. The number of carboxylic acid groups (broad SMARTS) is 1. The van der Waals surface area contributed by atoms with Gasteiger partial charge in [-0.3, -0.25) is 9.59 Å². The number of carboxylic acids is 1. The van der Waals surface area contributed by atoms with Crippen LogP contribution in [0.3, 0.4) is 0 Å². The van der Waals surface area contributed by atoms with Crippen LogP contribution >= 0.6 is 0 Å². The van der Waals surface area contributed by atoms with Crippen molar-refractivity contribution >= 4 is 57.9 Å².